The maximum Gasteiger partial charge on any atom is 0.226 e. The first-order chi connectivity index (χ1) is 7.27. The van der Waals surface area contributed by atoms with Gasteiger partial charge in [-0.25, -0.2) is 0 Å². The first-order valence-electron chi connectivity index (χ1n) is 5.50. The summed E-state index contributed by atoms with van der Waals surface area (Å²) in [6, 6.07) is 0. The molecule has 0 unspecified atom stereocenters. The number of hydrogen-bond acceptors (Lipinski definition) is 3. The normalized spacial score (nSPS) is 18.6. The third-order valence-electron chi connectivity index (χ3n) is 2.68. The molecule has 4 nitrogen and oxygen atoms in total. The zero-order chi connectivity index (χ0) is 11.1. The molecule has 1 heterocycles. The van der Waals surface area contributed by atoms with Gasteiger partial charge in [0.2, 0.25) is 5.91 Å². The maximum absolute atomic E-state index is 11.6. The van der Waals surface area contributed by atoms with Crippen LogP contribution in [-0.4, -0.2) is 60.1 Å². The van der Waals surface area contributed by atoms with E-state index < -0.39 is 0 Å². The highest BCUT2D eigenvalue weighted by Gasteiger charge is 2.17. The minimum Gasteiger partial charge on any atom is -0.395 e. The summed E-state index contributed by atoms with van der Waals surface area (Å²) in [6.07, 6.45) is 3.07. The third kappa shape index (κ3) is 4.01. The Kier molecular flexibility index (Phi) is 5.36. The van der Waals surface area contributed by atoms with Crippen LogP contribution in [0.4, 0.5) is 0 Å². The van der Waals surface area contributed by atoms with E-state index in [1.165, 1.54) is 0 Å². The Balaban J connectivity index is 2.38. The molecule has 1 aliphatic rings. The van der Waals surface area contributed by atoms with Crippen molar-refractivity contribution in [3.8, 4) is 0 Å². The molecule has 0 radical (unpaired) electrons. The molecule has 1 amide bonds. The van der Waals surface area contributed by atoms with E-state index in [0.717, 1.165) is 32.6 Å². The lowest BCUT2D eigenvalue weighted by atomic mass is 10.3. The van der Waals surface area contributed by atoms with Gasteiger partial charge in [0.1, 0.15) is 0 Å². The van der Waals surface area contributed by atoms with Crippen molar-refractivity contribution in [1.82, 2.24) is 9.80 Å². The van der Waals surface area contributed by atoms with Gasteiger partial charge < -0.3 is 10.0 Å². The first kappa shape index (κ1) is 12.2. The fraction of sp³-hybridized carbons (Fsp3) is 0.727. The van der Waals surface area contributed by atoms with Crippen molar-refractivity contribution < 1.29 is 9.90 Å². The van der Waals surface area contributed by atoms with Crippen LogP contribution in [0.25, 0.3) is 0 Å². The zero-order valence-electron chi connectivity index (χ0n) is 9.19. The number of nitrogens with zero attached hydrogens (tertiary/aromatic N) is 2. The SMILES string of the molecule is C=CCC(=O)N1CCCN(CCO)CC1. The van der Waals surface area contributed by atoms with E-state index in [0.29, 0.717) is 13.0 Å². The molecule has 0 aromatic heterocycles. The van der Waals surface area contributed by atoms with Gasteiger partial charge in [0.05, 0.1) is 6.61 Å². The van der Waals surface area contributed by atoms with E-state index >= 15 is 0 Å². The molecule has 1 N–H and O–H groups in total. The molecular formula is C11H20N2O2. The Bertz CT molecular complexity index is 219. The lowest BCUT2D eigenvalue weighted by Gasteiger charge is -2.20. The van der Waals surface area contributed by atoms with E-state index in [1.54, 1.807) is 6.08 Å². The van der Waals surface area contributed by atoms with Crippen LogP contribution in [0.2, 0.25) is 0 Å². The molecule has 0 bridgehead atoms. The molecule has 1 rings (SSSR count). The van der Waals surface area contributed by atoms with Crippen LogP contribution >= 0.6 is 0 Å². The van der Waals surface area contributed by atoms with Gasteiger partial charge in [-0.05, 0) is 13.0 Å². The van der Waals surface area contributed by atoms with Gasteiger partial charge >= 0.3 is 0 Å². The topological polar surface area (TPSA) is 43.8 Å². The number of hydrogen-bond donors (Lipinski definition) is 1. The highest BCUT2D eigenvalue weighted by atomic mass is 16.3. The van der Waals surface area contributed by atoms with E-state index in [9.17, 15) is 4.79 Å². The molecule has 0 aromatic rings. The summed E-state index contributed by atoms with van der Waals surface area (Å²) in [7, 11) is 0. The monoisotopic (exact) mass is 212 g/mol. The van der Waals surface area contributed by atoms with Crippen LogP contribution in [0.15, 0.2) is 12.7 Å². The molecule has 0 spiro atoms. The summed E-state index contributed by atoms with van der Waals surface area (Å²) < 4.78 is 0. The van der Waals surface area contributed by atoms with Gasteiger partial charge in [-0.15, -0.1) is 6.58 Å². The molecule has 0 aromatic carbocycles. The van der Waals surface area contributed by atoms with Crippen LogP contribution in [0, 0.1) is 0 Å². The van der Waals surface area contributed by atoms with Crippen LogP contribution < -0.4 is 0 Å². The molecular weight excluding hydrogens is 192 g/mol. The van der Waals surface area contributed by atoms with Gasteiger partial charge in [-0.1, -0.05) is 6.08 Å². The molecule has 0 atom stereocenters. The minimum atomic E-state index is 0.163. The van der Waals surface area contributed by atoms with Gasteiger partial charge in [0, 0.05) is 32.6 Å². The molecule has 1 saturated heterocycles. The van der Waals surface area contributed by atoms with Crippen molar-refractivity contribution in [2.75, 3.05) is 39.3 Å². The van der Waals surface area contributed by atoms with Crippen molar-refractivity contribution in [2.24, 2.45) is 0 Å². The molecule has 86 valence electrons. The number of rotatable bonds is 4. The quantitative estimate of drug-likeness (QED) is 0.672. The number of amides is 1. The third-order valence-corrected chi connectivity index (χ3v) is 2.68. The van der Waals surface area contributed by atoms with Gasteiger partial charge in [0.15, 0.2) is 0 Å². The van der Waals surface area contributed by atoms with E-state index in [4.69, 9.17) is 5.11 Å². The Morgan fingerprint density at radius 1 is 1.33 bits per heavy atom. The largest absolute Gasteiger partial charge is 0.395 e. The second-order valence-corrected chi connectivity index (χ2v) is 3.79. The summed E-state index contributed by atoms with van der Waals surface area (Å²) in [5.41, 5.74) is 0. The summed E-state index contributed by atoms with van der Waals surface area (Å²) in [4.78, 5) is 15.7. The summed E-state index contributed by atoms with van der Waals surface area (Å²) in [5, 5.41) is 8.83. The molecule has 0 saturated carbocycles. The van der Waals surface area contributed by atoms with E-state index in [1.807, 2.05) is 4.90 Å². The summed E-state index contributed by atoms with van der Waals surface area (Å²) in [6.45, 7) is 7.91. The second kappa shape index (κ2) is 6.58. The fourth-order valence-electron chi connectivity index (χ4n) is 1.84. The smallest absolute Gasteiger partial charge is 0.226 e. The molecule has 1 aliphatic heterocycles. The number of aliphatic hydroxyl groups is 1. The predicted octanol–water partition coefficient (Wildman–Crippen LogP) is 0.0891. The van der Waals surface area contributed by atoms with Crippen LogP contribution in [0.5, 0.6) is 0 Å². The van der Waals surface area contributed by atoms with Crippen molar-refractivity contribution in [3.63, 3.8) is 0 Å². The van der Waals surface area contributed by atoms with Crippen LogP contribution in [0.3, 0.4) is 0 Å². The Hall–Kier alpha value is -0.870. The first-order valence-corrected chi connectivity index (χ1v) is 5.50. The van der Waals surface area contributed by atoms with Crippen molar-refractivity contribution in [3.05, 3.63) is 12.7 Å². The van der Waals surface area contributed by atoms with Gasteiger partial charge in [-0.2, -0.15) is 0 Å². The summed E-state index contributed by atoms with van der Waals surface area (Å²) in [5.74, 6) is 0.163. The number of aliphatic hydroxyl groups excluding tert-OH is 1. The standard InChI is InChI=1S/C11H20N2O2/c1-2-4-11(15)13-6-3-5-12(7-8-13)9-10-14/h2,14H,1,3-10H2. The molecule has 1 fully saturated rings. The van der Waals surface area contributed by atoms with Crippen molar-refractivity contribution in [1.29, 1.82) is 0 Å². The molecule has 0 aliphatic carbocycles. The van der Waals surface area contributed by atoms with Gasteiger partial charge in [0.25, 0.3) is 0 Å². The zero-order valence-corrected chi connectivity index (χ0v) is 9.19. The predicted molar refractivity (Wildman–Crippen MR) is 59.5 cm³/mol. The minimum absolute atomic E-state index is 0.163. The van der Waals surface area contributed by atoms with Crippen LogP contribution in [-0.2, 0) is 4.79 Å². The average Bonchev–Trinajstić information content (AvgIpc) is 2.44. The number of carbonyl (C=O) groups is 1. The lowest BCUT2D eigenvalue weighted by molar-refractivity contribution is -0.130. The highest BCUT2D eigenvalue weighted by Crippen LogP contribution is 2.04. The number of carbonyl (C=O) groups excluding carboxylic acids is 1. The van der Waals surface area contributed by atoms with Crippen molar-refractivity contribution in [2.45, 2.75) is 12.8 Å². The second-order valence-electron chi connectivity index (χ2n) is 3.79. The van der Waals surface area contributed by atoms with E-state index in [2.05, 4.69) is 11.5 Å². The summed E-state index contributed by atoms with van der Waals surface area (Å²) >= 11 is 0. The fourth-order valence-corrected chi connectivity index (χ4v) is 1.84. The van der Waals surface area contributed by atoms with Crippen LogP contribution in [0.1, 0.15) is 12.8 Å². The Labute approximate surface area is 91.2 Å². The highest BCUT2D eigenvalue weighted by molar-refractivity contribution is 5.77. The van der Waals surface area contributed by atoms with E-state index in [-0.39, 0.29) is 12.5 Å². The maximum atomic E-state index is 11.6. The average molecular weight is 212 g/mol. The molecule has 4 heteroatoms. The van der Waals surface area contributed by atoms with Crippen molar-refractivity contribution >= 4 is 5.91 Å². The Morgan fingerprint density at radius 2 is 2.13 bits per heavy atom. The number of β-amino-alcohol motifs (C(OH)–C–C–N with tert-alkyl or cyclic N) is 1. The molecule has 15 heavy (non-hydrogen) atoms. The lowest BCUT2D eigenvalue weighted by Crippen LogP contribution is -2.35. The van der Waals surface area contributed by atoms with Gasteiger partial charge in [-0.3, -0.25) is 9.69 Å². The Morgan fingerprint density at radius 3 is 2.80 bits per heavy atom.